The molecule has 0 spiro atoms. The third kappa shape index (κ3) is 4.22. The molecule has 0 saturated heterocycles. The Labute approximate surface area is 193 Å². The van der Waals surface area contributed by atoms with E-state index < -0.39 is 17.2 Å². The minimum absolute atomic E-state index is 0.0412. The van der Waals surface area contributed by atoms with Crippen LogP contribution in [0, 0.1) is 19.8 Å². The average Bonchev–Trinajstić information content (AvgIpc) is 2.76. The van der Waals surface area contributed by atoms with Gasteiger partial charge in [-0.1, -0.05) is 31.6 Å². The topological polar surface area (TPSA) is 108 Å². The summed E-state index contributed by atoms with van der Waals surface area (Å²) >= 11 is 0. The lowest BCUT2D eigenvalue weighted by Gasteiger charge is -2.25. The molecule has 0 fully saturated rings. The van der Waals surface area contributed by atoms with Crippen LogP contribution in [0.1, 0.15) is 74.0 Å². The summed E-state index contributed by atoms with van der Waals surface area (Å²) < 4.78 is 5.49. The van der Waals surface area contributed by atoms with E-state index in [1.54, 1.807) is 19.9 Å². The molecule has 0 radical (unpaired) electrons. The second-order valence-electron chi connectivity index (χ2n) is 9.02. The highest BCUT2D eigenvalue weighted by atomic mass is 16.4. The Morgan fingerprint density at radius 2 is 1.85 bits per heavy atom. The number of phenols is 2. The van der Waals surface area contributed by atoms with Crippen LogP contribution in [0.15, 0.2) is 43.8 Å². The fourth-order valence-corrected chi connectivity index (χ4v) is 4.40. The predicted molar refractivity (Wildman–Crippen MR) is 129 cm³/mol. The van der Waals surface area contributed by atoms with E-state index >= 15 is 0 Å². The molecule has 3 rings (SSSR count). The maximum absolute atomic E-state index is 13.9. The van der Waals surface area contributed by atoms with E-state index in [4.69, 9.17) is 4.42 Å². The molecule has 33 heavy (non-hydrogen) atoms. The Balaban J connectivity index is 2.43. The lowest BCUT2D eigenvalue weighted by Crippen LogP contribution is -2.18. The molecule has 1 unspecified atom stereocenters. The molecule has 2 aromatic rings. The minimum atomic E-state index is -0.636. The first kappa shape index (κ1) is 24.4. The zero-order valence-electron chi connectivity index (χ0n) is 20.1. The number of hydrogen-bond donors (Lipinski definition) is 3. The predicted octanol–water partition coefficient (Wildman–Crippen LogP) is 6.09. The Kier molecular flexibility index (Phi) is 6.86. The molecule has 6 nitrogen and oxygen atoms in total. The number of rotatable bonds is 5. The molecule has 0 saturated carbocycles. The molecule has 6 heteroatoms. The standard InChI is InChI=1S/C27H32O6/c1-7-19(28)20-14(4)9-8-10-17(20)23(29)22-25(31)18(12-11-13(2)3)24(30)21-15(5)16(6)27(32)33-26(21)22/h10-11,14,28,30-31H,7-9,12H2,1-6H3. The summed E-state index contributed by atoms with van der Waals surface area (Å²) in [7, 11) is 0. The van der Waals surface area contributed by atoms with E-state index in [0.717, 1.165) is 12.0 Å². The fourth-order valence-electron chi connectivity index (χ4n) is 4.40. The van der Waals surface area contributed by atoms with Crippen LogP contribution >= 0.6 is 0 Å². The number of aromatic hydroxyl groups is 2. The monoisotopic (exact) mass is 452 g/mol. The van der Waals surface area contributed by atoms with Crippen LogP contribution in [0.3, 0.4) is 0 Å². The van der Waals surface area contributed by atoms with Gasteiger partial charge in [0.05, 0.1) is 11.1 Å². The molecule has 0 bridgehead atoms. The second kappa shape index (κ2) is 9.30. The molecule has 0 aliphatic heterocycles. The summed E-state index contributed by atoms with van der Waals surface area (Å²) in [5.41, 5.74) is 1.89. The molecule has 1 aromatic heterocycles. The van der Waals surface area contributed by atoms with Gasteiger partial charge in [-0.15, -0.1) is 0 Å². The van der Waals surface area contributed by atoms with Crippen LogP contribution in [0.2, 0.25) is 0 Å². The summed E-state index contributed by atoms with van der Waals surface area (Å²) in [4.78, 5) is 26.4. The number of ketones is 1. The lowest BCUT2D eigenvalue weighted by molar-refractivity contribution is 0.103. The summed E-state index contributed by atoms with van der Waals surface area (Å²) in [6.07, 6.45) is 5.60. The van der Waals surface area contributed by atoms with Crippen molar-refractivity contribution in [1.82, 2.24) is 0 Å². The van der Waals surface area contributed by atoms with Gasteiger partial charge in [-0.2, -0.15) is 0 Å². The minimum Gasteiger partial charge on any atom is -0.512 e. The summed E-state index contributed by atoms with van der Waals surface area (Å²) in [6.45, 7) is 10.8. The van der Waals surface area contributed by atoms with Crippen LogP contribution in [0.25, 0.3) is 11.0 Å². The Bertz CT molecular complexity index is 1280. The Hall–Kier alpha value is -3.28. The molecular weight excluding hydrogens is 420 g/mol. The van der Waals surface area contributed by atoms with Gasteiger partial charge < -0.3 is 19.7 Å². The maximum Gasteiger partial charge on any atom is 0.339 e. The van der Waals surface area contributed by atoms with E-state index in [0.29, 0.717) is 35.1 Å². The van der Waals surface area contributed by atoms with Crippen molar-refractivity contribution in [3.8, 4) is 11.5 Å². The summed E-state index contributed by atoms with van der Waals surface area (Å²) in [5, 5.41) is 33.1. The first-order valence-electron chi connectivity index (χ1n) is 11.3. The number of aliphatic hydroxyl groups excluding tert-OH is 1. The SMILES string of the molecule is CCC(O)=C1C(C(=O)c2c(O)c(CC=C(C)C)c(O)c3c(C)c(C)c(=O)oc23)=CCCC1C. The van der Waals surface area contributed by atoms with Crippen LogP contribution < -0.4 is 5.63 Å². The smallest absolute Gasteiger partial charge is 0.339 e. The van der Waals surface area contributed by atoms with Crippen molar-refractivity contribution in [2.75, 3.05) is 0 Å². The van der Waals surface area contributed by atoms with Crippen LogP contribution in [-0.4, -0.2) is 21.1 Å². The molecule has 1 atom stereocenters. The zero-order chi connectivity index (χ0) is 24.6. The van der Waals surface area contributed by atoms with Crippen molar-refractivity contribution in [3.63, 3.8) is 0 Å². The number of hydrogen-bond acceptors (Lipinski definition) is 6. The lowest BCUT2D eigenvalue weighted by atomic mass is 9.79. The molecule has 1 aromatic carbocycles. The molecule has 3 N–H and O–H groups in total. The zero-order valence-corrected chi connectivity index (χ0v) is 20.1. The quantitative estimate of drug-likeness (QED) is 0.219. The van der Waals surface area contributed by atoms with Crippen LogP contribution in [-0.2, 0) is 6.42 Å². The second-order valence-corrected chi connectivity index (χ2v) is 9.02. The van der Waals surface area contributed by atoms with E-state index in [-0.39, 0.29) is 45.9 Å². The Morgan fingerprint density at radius 1 is 1.18 bits per heavy atom. The number of fused-ring (bicyclic) bond motifs is 1. The van der Waals surface area contributed by atoms with Gasteiger partial charge in [0.15, 0.2) is 5.58 Å². The van der Waals surface area contributed by atoms with Gasteiger partial charge in [-0.25, -0.2) is 4.79 Å². The van der Waals surface area contributed by atoms with Crippen molar-refractivity contribution in [3.05, 3.63) is 67.3 Å². The third-order valence-electron chi connectivity index (χ3n) is 6.50. The van der Waals surface area contributed by atoms with Crippen molar-refractivity contribution in [2.45, 2.75) is 67.2 Å². The highest BCUT2D eigenvalue weighted by molar-refractivity contribution is 6.20. The van der Waals surface area contributed by atoms with Crippen molar-refractivity contribution in [2.24, 2.45) is 5.92 Å². The number of phenolic OH excluding ortho intramolecular Hbond substituents is 2. The van der Waals surface area contributed by atoms with Gasteiger partial charge in [-0.3, -0.25) is 4.79 Å². The first-order valence-corrected chi connectivity index (χ1v) is 11.3. The molecule has 1 aliphatic rings. The number of aliphatic hydroxyl groups is 1. The number of Topliss-reactive ketones (excluding diaryl/α,β-unsaturated/α-hetero) is 1. The highest BCUT2D eigenvalue weighted by Crippen LogP contribution is 2.44. The van der Waals surface area contributed by atoms with E-state index in [9.17, 15) is 24.9 Å². The van der Waals surface area contributed by atoms with E-state index in [1.165, 1.54) is 0 Å². The molecule has 1 heterocycles. The average molecular weight is 453 g/mol. The third-order valence-corrected chi connectivity index (χ3v) is 6.50. The number of carbonyl (C=O) groups excluding carboxylic acids is 1. The van der Waals surface area contributed by atoms with Crippen molar-refractivity contribution < 1.29 is 24.5 Å². The molecule has 0 amide bonds. The maximum atomic E-state index is 13.9. The van der Waals surface area contributed by atoms with Crippen molar-refractivity contribution in [1.29, 1.82) is 0 Å². The van der Waals surface area contributed by atoms with Crippen LogP contribution in [0.5, 0.6) is 11.5 Å². The van der Waals surface area contributed by atoms with Gasteiger partial charge >= 0.3 is 5.63 Å². The highest BCUT2D eigenvalue weighted by Gasteiger charge is 2.33. The fraction of sp³-hybridized carbons (Fsp3) is 0.407. The molecule has 1 aliphatic carbocycles. The largest absolute Gasteiger partial charge is 0.512 e. The van der Waals surface area contributed by atoms with Crippen LogP contribution in [0.4, 0.5) is 0 Å². The first-order chi connectivity index (χ1) is 15.5. The van der Waals surface area contributed by atoms with Gasteiger partial charge in [0, 0.05) is 28.7 Å². The summed E-state index contributed by atoms with van der Waals surface area (Å²) in [5.74, 6) is -1.07. The number of carbonyl (C=O) groups is 1. The number of allylic oxidation sites excluding steroid dienone is 6. The van der Waals surface area contributed by atoms with Gasteiger partial charge in [0.25, 0.3) is 0 Å². The van der Waals surface area contributed by atoms with Gasteiger partial charge in [-0.05, 0) is 58.4 Å². The van der Waals surface area contributed by atoms with E-state index in [2.05, 4.69) is 0 Å². The summed E-state index contributed by atoms with van der Waals surface area (Å²) in [6, 6.07) is 0. The number of benzene rings is 1. The van der Waals surface area contributed by atoms with Crippen molar-refractivity contribution >= 4 is 16.8 Å². The van der Waals surface area contributed by atoms with Gasteiger partial charge in [0.1, 0.15) is 17.1 Å². The number of aryl methyl sites for hydroxylation is 1. The normalized spacial score (nSPS) is 17.6. The Morgan fingerprint density at radius 3 is 2.45 bits per heavy atom. The molecular formula is C27H32O6. The van der Waals surface area contributed by atoms with E-state index in [1.807, 2.05) is 33.8 Å². The van der Waals surface area contributed by atoms with Gasteiger partial charge in [0.2, 0.25) is 5.78 Å². The molecule has 176 valence electrons.